The van der Waals surface area contributed by atoms with Gasteiger partial charge in [-0.2, -0.15) is 4.31 Å². The number of methoxy groups -OCH3 is 1. The largest absolute Gasteiger partial charge is 0.495 e. The monoisotopic (exact) mass is 436 g/mol. The van der Waals surface area contributed by atoms with Crippen LogP contribution in [-0.2, 0) is 10.0 Å². The van der Waals surface area contributed by atoms with Gasteiger partial charge in [0, 0.05) is 25.7 Å². The number of benzene rings is 2. The van der Waals surface area contributed by atoms with E-state index >= 15 is 0 Å². The molecule has 2 fully saturated rings. The third-order valence-electron chi connectivity index (χ3n) is 6.31. The second-order valence-electron chi connectivity index (χ2n) is 8.14. The fourth-order valence-electron chi connectivity index (χ4n) is 4.92. The third kappa shape index (κ3) is 3.79. The summed E-state index contributed by atoms with van der Waals surface area (Å²) >= 11 is 0. The van der Waals surface area contributed by atoms with Crippen LogP contribution in [0.3, 0.4) is 0 Å². The van der Waals surface area contributed by atoms with Crippen molar-refractivity contribution >= 4 is 22.4 Å². The first kappa shape index (κ1) is 22.1. The van der Waals surface area contributed by atoms with Crippen molar-refractivity contribution in [2.45, 2.75) is 24.8 Å². The van der Waals surface area contributed by atoms with E-state index in [1.807, 2.05) is 13.0 Å². The van der Waals surface area contributed by atoms with Crippen LogP contribution in [0.1, 0.15) is 22.7 Å². The number of hydrogen-bond donors (Lipinski definition) is 0. The smallest absolute Gasteiger partial charge is 0.246 e. The molecule has 0 spiro atoms. The number of rotatable bonds is 4. The van der Waals surface area contributed by atoms with Gasteiger partial charge in [0.1, 0.15) is 10.6 Å². The number of ether oxygens (including phenoxy) is 1. The molecule has 0 amide bonds. The molecule has 2 aliphatic heterocycles. The second kappa shape index (κ2) is 8.26. The highest BCUT2D eigenvalue weighted by molar-refractivity contribution is 7.89. The molecule has 4 rings (SSSR count). The fourth-order valence-corrected chi connectivity index (χ4v) is 6.70. The van der Waals surface area contributed by atoms with E-state index < -0.39 is 10.0 Å². The number of sulfonamides is 1. The highest BCUT2D eigenvalue weighted by Crippen LogP contribution is 2.46. The molecule has 29 heavy (non-hydrogen) atoms. The minimum Gasteiger partial charge on any atom is -0.495 e. The van der Waals surface area contributed by atoms with Crippen LogP contribution in [0.4, 0.5) is 0 Å². The first-order valence-electron chi connectivity index (χ1n) is 9.73. The Labute approximate surface area is 180 Å². The minimum atomic E-state index is -3.59. The first-order valence-corrected chi connectivity index (χ1v) is 11.2. The molecule has 7 heteroatoms. The van der Waals surface area contributed by atoms with E-state index in [4.69, 9.17) is 4.74 Å². The van der Waals surface area contributed by atoms with Crippen LogP contribution in [-0.4, -0.2) is 51.4 Å². The Kier molecular flexibility index (Phi) is 6.30. The van der Waals surface area contributed by atoms with Crippen molar-refractivity contribution in [1.82, 2.24) is 9.21 Å². The van der Waals surface area contributed by atoms with Gasteiger partial charge in [0.2, 0.25) is 10.0 Å². The highest BCUT2D eigenvalue weighted by Gasteiger charge is 2.49. The number of aryl methyl sites for hydroxylation is 2. The standard InChI is InChI=1S/C22H28N2O3S.ClH/c1-15-9-10-20(27-4)21(11-15)28(25,26)24-13-17-12-23(3)22(19(17)14-24)18-8-6-5-7-16(18)2;/h5-11,17,19,22H,12-14H2,1-4H3;1H/t17-,19+,22-;/m0./s1. The Hall–Kier alpha value is -1.60. The van der Waals surface area contributed by atoms with Gasteiger partial charge in [-0.25, -0.2) is 8.42 Å². The van der Waals surface area contributed by atoms with Gasteiger partial charge in [-0.05, 0) is 61.6 Å². The fraction of sp³-hybridized carbons (Fsp3) is 0.455. The summed E-state index contributed by atoms with van der Waals surface area (Å²) in [6, 6.07) is 14.0. The Morgan fingerprint density at radius 2 is 1.76 bits per heavy atom. The van der Waals surface area contributed by atoms with Gasteiger partial charge in [0.05, 0.1) is 7.11 Å². The molecule has 2 heterocycles. The van der Waals surface area contributed by atoms with Crippen LogP contribution in [0.25, 0.3) is 0 Å². The van der Waals surface area contributed by atoms with E-state index in [-0.39, 0.29) is 23.3 Å². The normalized spacial score (nSPS) is 24.9. The van der Waals surface area contributed by atoms with E-state index in [1.165, 1.54) is 18.2 Å². The highest BCUT2D eigenvalue weighted by atomic mass is 35.5. The molecular formula is C22H29ClN2O3S. The van der Waals surface area contributed by atoms with Gasteiger partial charge >= 0.3 is 0 Å². The summed E-state index contributed by atoms with van der Waals surface area (Å²) in [5.41, 5.74) is 3.49. The van der Waals surface area contributed by atoms with Crippen LogP contribution < -0.4 is 4.74 Å². The van der Waals surface area contributed by atoms with Crippen molar-refractivity contribution in [1.29, 1.82) is 0 Å². The van der Waals surface area contributed by atoms with Crippen molar-refractivity contribution in [3.63, 3.8) is 0 Å². The molecule has 0 bridgehead atoms. The van der Waals surface area contributed by atoms with E-state index in [9.17, 15) is 8.42 Å². The minimum absolute atomic E-state index is 0. The topological polar surface area (TPSA) is 49.9 Å². The molecule has 3 atom stereocenters. The average molecular weight is 437 g/mol. The number of fused-ring (bicyclic) bond motifs is 1. The molecule has 0 radical (unpaired) electrons. The van der Waals surface area contributed by atoms with Gasteiger partial charge < -0.3 is 4.74 Å². The van der Waals surface area contributed by atoms with Gasteiger partial charge in [-0.1, -0.05) is 30.3 Å². The zero-order chi connectivity index (χ0) is 20.1. The van der Waals surface area contributed by atoms with Crippen molar-refractivity contribution in [3.8, 4) is 5.75 Å². The van der Waals surface area contributed by atoms with Crippen molar-refractivity contribution < 1.29 is 13.2 Å². The van der Waals surface area contributed by atoms with Crippen LogP contribution >= 0.6 is 12.4 Å². The molecule has 0 aromatic heterocycles. The molecule has 0 saturated carbocycles. The summed E-state index contributed by atoms with van der Waals surface area (Å²) in [7, 11) is 0.0807. The van der Waals surface area contributed by atoms with Crippen molar-refractivity contribution in [3.05, 3.63) is 59.2 Å². The lowest BCUT2D eigenvalue weighted by Crippen LogP contribution is -2.33. The predicted molar refractivity (Wildman–Crippen MR) is 117 cm³/mol. The Bertz CT molecular complexity index is 995. The maximum atomic E-state index is 13.4. The van der Waals surface area contributed by atoms with Crippen LogP contribution in [0, 0.1) is 25.7 Å². The summed E-state index contributed by atoms with van der Waals surface area (Å²) in [5, 5.41) is 0. The van der Waals surface area contributed by atoms with Gasteiger partial charge in [-0.3, -0.25) is 4.90 Å². The lowest BCUT2D eigenvalue weighted by Gasteiger charge is -2.28. The third-order valence-corrected chi connectivity index (χ3v) is 8.16. The average Bonchev–Trinajstić information content (AvgIpc) is 3.20. The second-order valence-corrected chi connectivity index (χ2v) is 10.0. The molecular weight excluding hydrogens is 408 g/mol. The molecule has 2 aromatic rings. The van der Waals surface area contributed by atoms with E-state index in [0.29, 0.717) is 30.7 Å². The van der Waals surface area contributed by atoms with Crippen LogP contribution in [0.15, 0.2) is 47.4 Å². The zero-order valence-corrected chi connectivity index (χ0v) is 19.0. The molecule has 158 valence electrons. The summed E-state index contributed by atoms with van der Waals surface area (Å²) < 4.78 is 33.9. The molecule has 2 saturated heterocycles. The predicted octanol–water partition coefficient (Wildman–Crippen LogP) is 3.66. The Balaban J connectivity index is 0.00000240. The molecule has 2 aromatic carbocycles. The van der Waals surface area contributed by atoms with E-state index in [1.54, 1.807) is 16.4 Å². The quantitative estimate of drug-likeness (QED) is 0.733. The number of likely N-dealkylation sites (tertiary alicyclic amines) is 1. The molecule has 5 nitrogen and oxygen atoms in total. The van der Waals surface area contributed by atoms with E-state index in [2.05, 4.69) is 43.1 Å². The maximum absolute atomic E-state index is 13.4. The number of halogens is 1. The Morgan fingerprint density at radius 1 is 1.03 bits per heavy atom. The lowest BCUT2D eigenvalue weighted by molar-refractivity contribution is 0.260. The van der Waals surface area contributed by atoms with Crippen LogP contribution in [0.2, 0.25) is 0 Å². The van der Waals surface area contributed by atoms with Crippen LogP contribution in [0.5, 0.6) is 5.75 Å². The first-order chi connectivity index (χ1) is 13.3. The summed E-state index contributed by atoms with van der Waals surface area (Å²) in [4.78, 5) is 2.66. The molecule has 0 unspecified atom stereocenters. The van der Waals surface area contributed by atoms with Crippen molar-refractivity contribution in [2.24, 2.45) is 11.8 Å². The Morgan fingerprint density at radius 3 is 2.45 bits per heavy atom. The number of hydrogen-bond acceptors (Lipinski definition) is 4. The zero-order valence-electron chi connectivity index (χ0n) is 17.3. The maximum Gasteiger partial charge on any atom is 0.246 e. The summed E-state index contributed by atoms with van der Waals surface area (Å²) in [5.74, 6) is 1.06. The van der Waals surface area contributed by atoms with Gasteiger partial charge in [-0.15, -0.1) is 12.4 Å². The number of nitrogens with zero attached hydrogens (tertiary/aromatic N) is 2. The summed E-state index contributed by atoms with van der Waals surface area (Å²) in [6.45, 7) is 6.07. The summed E-state index contributed by atoms with van der Waals surface area (Å²) in [6.07, 6.45) is 0. The van der Waals surface area contributed by atoms with Crippen molar-refractivity contribution in [2.75, 3.05) is 33.8 Å². The van der Waals surface area contributed by atoms with E-state index in [0.717, 1.165) is 12.1 Å². The molecule has 0 N–H and O–H groups in total. The molecule has 0 aliphatic carbocycles. The lowest BCUT2D eigenvalue weighted by atomic mass is 9.88. The van der Waals surface area contributed by atoms with Gasteiger partial charge in [0.25, 0.3) is 0 Å². The molecule has 2 aliphatic rings. The van der Waals surface area contributed by atoms with Gasteiger partial charge in [0.15, 0.2) is 0 Å². The SMILES string of the molecule is COc1ccc(C)cc1S(=O)(=O)N1C[C@@H]2CN(C)[C@@H](c3ccccc3C)[C@@H]2C1.Cl.